The highest BCUT2D eigenvalue weighted by molar-refractivity contribution is 7.88. The van der Waals surface area contributed by atoms with Gasteiger partial charge in [0.15, 0.2) is 0 Å². The maximum Gasteiger partial charge on any atom is 0.216 e. The molecule has 2 rings (SSSR count). The predicted octanol–water partition coefficient (Wildman–Crippen LogP) is 2.39. The van der Waals surface area contributed by atoms with E-state index in [1.54, 1.807) is 0 Å². The fourth-order valence-corrected chi connectivity index (χ4v) is 4.44. The Hall–Kier alpha value is -0.910. The maximum absolute atomic E-state index is 12.3. The first-order chi connectivity index (χ1) is 9.89. The van der Waals surface area contributed by atoms with E-state index in [1.165, 1.54) is 0 Å². The number of benzene rings is 1. The van der Waals surface area contributed by atoms with Gasteiger partial charge in [-0.15, -0.1) is 0 Å². The summed E-state index contributed by atoms with van der Waals surface area (Å²) in [6.45, 7) is 4.88. The van der Waals surface area contributed by atoms with Crippen LogP contribution in [0.2, 0.25) is 0 Å². The fourth-order valence-electron chi connectivity index (χ4n) is 3.02. The Morgan fingerprint density at radius 3 is 2.57 bits per heavy atom. The Kier molecular flexibility index (Phi) is 5.41. The molecular formula is C16H26N2O2S. The van der Waals surface area contributed by atoms with Gasteiger partial charge in [0.2, 0.25) is 10.0 Å². The SMILES string of the molecule is CC1CCC(NS(=O)(=O)Cc2cccc(CN)c2)CC1C. The van der Waals surface area contributed by atoms with Crippen LogP contribution < -0.4 is 10.5 Å². The van der Waals surface area contributed by atoms with Crippen molar-refractivity contribution in [2.24, 2.45) is 17.6 Å². The first-order valence-electron chi connectivity index (χ1n) is 7.67. The van der Waals surface area contributed by atoms with Crippen LogP contribution in [-0.2, 0) is 22.3 Å². The Morgan fingerprint density at radius 1 is 1.19 bits per heavy atom. The molecule has 0 amide bonds. The van der Waals surface area contributed by atoms with Crippen LogP contribution in [0.25, 0.3) is 0 Å². The Morgan fingerprint density at radius 2 is 1.90 bits per heavy atom. The van der Waals surface area contributed by atoms with E-state index >= 15 is 0 Å². The lowest BCUT2D eigenvalue weighted by molar-refractivity contribution is 0.242. The number of rotatable bonds is 5. The molecule has 118 valence electrons. The third-order valence-corrected chi connectivity index (χ3v) is 5.93. The summed E-state index contributed by atoms with van der Waals surface area (Å²) in [5.74, 6) is 1.29. The summed E-state index contributed by atoms with van der Waals surface area (Å²) in [6.07, 6.45) is 2.97. The zero-order chi connectivity index (χ0) is 15.5. The first-order valence-corrected chi connectivity index (χ1v) is 9.32. The van der Waals surface area contributed by atoms with E-state index in [4.69, 9.17) is 5.73 Å². The number of nitrogens with one attached hydrogen (secondary N) is 1. The summed E-state index contributed by atoms with van der Waals surface area (Å²) in [7, 11) is -3.29. The summed E-state index contributed by atoms with van der Waals surface area (Å²) in [5, 5.41) is 0. The van der Waals surface area contributed by atoms with Crippen molar-refractivity contribution in [3.8, 4) is 0 Å². The summed E-state index contributed by atoms with van der Waals surface area (Å²) < 4.78 is 27.5. The molecule has 1 aromatic carbocycles. The molecule has 0 radical (unpaired) electrons. The maximum atomic E-state index is 12.3. The normalized spacial score (nSPS) is 26.7. The van der Waals surface area contributed by atoms with Gasteiger partial charge < -0.3 is 5.73 Å². The molecule has 0 bridgehead atoms. The van der Waals surface area contributed by atoms with Crippen LogP contribution in [-0.4, -0.2) is 14.5 Å². The Labute approximate surface area is 128 Å². The van der Waals surface area contributed by atoms with Crippen molar-refractivity contribution in [2.45, 2.75) is 51.4 Å². The largest absolute Gasteiger partial charge is 0.326 e. The molecule has 0 aliphatic heterocycles. The van der Waals surface area contributed by atoms with Crippen LogP contribution in [0.4, 0.5) is 0 Å². The van der Waals surface area contributed by atoms with Crippen molar-refractivity contribution >= 4 is 10.0 Å². The van der Waals surface area contributed by atoms with Crippen molar-refractivity contribution in [3.63, 3.8) is 0 Å². The molecule has 1 aliphatic rings. The molecule has 3 atom stereocenters. The lowest BCUT2D eigenvalue weighted by Gasteiger charge is -2.32. The van der Waals surface area contributed by atoms with Gasteiger partial charge in [0.1, 0.15) is 0 Å². The first kappa shape index (κ1) is 16.5. The molecule has 3 unspecified atom stereocenters. The van der Waals surface area contributed by atoms with Crippen molar-refractivity contribution < 1.29 is 8.42 Å². The summed E-state index contributed by atoms with van der Waals surface area (Å²) in [4.78, 5) is 0. The van der Waals surface area contributed by atoms with E-state index in [2.05, 4.69) is 18.6 Å². The van der Waals surface area contributed by atoms with Gasteiger partial charge in [-0.1, -0.05) is 38.1 Å². The zero-order valence-corrected chi connectivity index (χ0v) is 13.7. The average Bonchev–Trinajstić information content (AvgIpc) is 2.42. The van der Waals surface area contributed by atoms with Crippen LogP contribution in [0.1, 0.15) is 44.2 Å². The molecule has 21 heavy (non-hydrogen) atoms. The van der Waals surface area contributed by atoms with E-state index in [-0.39, 0.29) is 11.8 Å². The van der Waals surface area contributed by atoms with Gasteiger partial charge in [-0.25, -0.2) is 13.1 Å². The molecule has 4 nitrogen and oxygen atoms in total. The van der Waals surface area contributed by atoms with Gasteiger partial charge in [0.05, 0.1) is 5.75 Å². The third-order valence-electron chi connectivity index (χ3n) is 4.53. The second-order valence-corrected chi connectivity index (χ2v) is 8.12. The summed E-state index contributed by atoms with van der Waals surface area (Å²) in [5.41, 5.74) is 7.35. The summed E-state index contributed by atoms with van der Waals surface area (Å²) in [6, 6.07) is 7.55. The van der Waals surface area contributed by atoms with Crippen LogP contribution >= 0.6 is 0 Å². The number of hydrogen-bond acceptors (Lipinski definition) is 3. The van der Waals surface area contributed by atoms with Gasteiger partial charge in [0.25, 0.3) is 0 Å². The quantitative estimate of drug-likeness (QED) is 0.877. The van der Waals surface area contributed by atoms with Gasteiger partial charge in [-0.3, -0.25) is 0 Å². The molecule has 3 N–H and O–H groups in total. The van der Waals surface area contributed by atoms with E-state index < -0.39 is 10.0 Å². The zero-order valence-electron chi connectivity index (χ0n) is 12.9. The van der Waals surface area contributed by atoms with Crippen molar-refractivity contribution in [1.29, 1.82) is 0 Å². The highest BCUT2D eigenvalue weighted by atomic mass is 32.2. The molecule has 5 heteroatoms. The molecule has 1 aliphatic carbocycles. The standard InChI is InChI=1S/C16H26N2O2S/c1-12-6-7-16(8-13(12)2)18-21(19,20)11-15-5-3-4-14(9-15)10-17/h3-5,9,12-13,16,18H,6-8,10-11,17H2,1-2H3. The molecule has 1 aromatic rings. The highest BCUT2D eigenvalue weighted by Gasteiger charge is 2.27. The molecule has 0 heterocycles. The molecule has 0 spiro atoms. The Balaban J connectivity index is 1.98. The molecule has 1 saturated carbocycles. The van der Waals surface area contributed by atoms with Crippen LogP contribution in [0.15, 0.2) is 24.3 Å². The minimum absolute atomic E-state index is 0.0290. The second-order valence-electron chi connectivity index (χ2n) is 6.37. The monoisotopic (exact) mass is 310 g/mol. The van der Waals surface area contributed by atoms with Gasteiger partial charge in [-0.2, -0.15) is 0 Å². The summed E-state index contributed by atoms with van der Waals surface area (Å²) >= 11 is 0. The number of hydrogen-bond donors (Lipinski definition) is 2. The van der Waals surface area contributed by atoms with Gasteiger partial charge >= 0.3 is 0 Å². The molecular weight excluding hydrogens is 284 g/mol. The predicted molar refractivity (Wildman–Crippen MR) is 86.1 cm³/mol. The van der Waals surface area contributed by atoms with E-state index in [0.717, 1.165) is 30.4 Å². The number of sulfonamides is 1. The van der Waals surface area contributed by atoms with Crippen LogP contribution in [0.5, 0.6) is 0 Å². The fraction of sp³-hybridized carbons (Fsp3) is 0.625. The van der Waals surface area contributed by atoms with E-state index in [1.807, 2.05) is 24.3 Å². The topological polar surface area (TPSA) is 72.2 Å². The van der Waals surface area contributed by atoms with Gasteiger partial charge in [-0.05, 0) is 42.2 Å². The van der Waals surface area contributed by atoms with Crippen molar-refractivity contribution in [1.82, 2.24) is 4.72 Å². The smallest absolute Gasteiger partial charge is 0.216 e. The third kappa shape index (κ3) is 4.80. The van der Waals surface area contributed by atoms with Crippen molar-refractivity contribution in [2.75, 3.05) is 0 Å². The van der Waals surface area contributed by atoms with E-state index in [0.29, 0.717) is 18.4 Å². The van der Waals surface area contributed by atoms with Gasteiger partial charge in [0, 0.05) is 12.6 Å². The van der Waals surface area contributed by atoms with Crippen LogP contribution in [0.3, 0.4) is 0 Å². The molecule has 0 aromatic heterocycles. The minimum atomic E-state index is -3.29. The Bertz CT molecular complexity index is 571. The minimum Gasteiger partial charge on any atom is -0.326 e. The highest BCUT2D eigenvalue weighted by Crippen LogP contribution is 2.29. The van der Waals surface area contributed by atoms with E-state index in [9.17, 15) is 8.42 Å². The molecule has 0 saturated heterocycles. The lowest BCUT2D eigenvalue weighted by Crippen LogP contribution is -2.40. The average molecular weight is 310 g/mol. The molecule has 1 fully saturated rings. The van der Waals surface area contributed by atoms with Crippen molar-refractivity contribution in [3.05, 3.63) is 35.4 Å². The number of nitrogens with two attached hydrogens (primary N) is 1. The lowest BCUT2D eigenvalue weighted by atomic mass is 9.79. The second kappa shape index (κ2) is 6.90. The van der Waals surface area contributed by atoms with Crippen LogP contribution in [0, 0.1) is 11.8 Å².